The first-order valence-corrected chi connectivity index (χ1v) is 7.65. The first kappa shape index (κ1) is 16.6. The predicted octanol–water partition coefficient (Wildman–Crippen LogP) is 4.54. The molecule has 0 amide bonds. The summed E-state index contributed by atoms with van der Waals surface area (Å²) in [5.74, 6) is 0. The number of rotatable bonds is 0. The minimum Gasteiger partial charge on any atom is -0.336 e. The summed E-state index contributed by atoms with van der Waals surface area (Å²) in [6.07, 6.45) is 0. The summed E-state index contributed by atoms with van der Waals surface area (Å²) in [6, 6.07) is 14.1. The van der Waals surface area contributed by atoms with Gasteiger partial charge in [0.15, 0.2) is 5.69 Å². The molecular weight excluding hydrogens is 474 g/mol. The van der Waals surface area contributed by atoms with Crippen LogP contribution in [0.5, 0.6) is 0 Å². The molecule has 4 heteroatoms. The third kappa shape index (κ3) is 2.17. The maximum Gasteiger partial charge on any atom is 0.151 e. The third-order valence-corrected chi connectivity index (χ3v) is 4.48. The molecule has 0 atom stereocenters. The molecule has 0 spiro atoms. The van der Waals surface area contributed by atoms with Crippen LogP contribution in [-0.2, 0) is 20.1 Å². The van der Waals surface area contributed by atoms with Gasteiger partial charge in [-0.1, -0.05) is 30.0 Å². The number of aryl methyl sites for hydroxylation is 4. The number of hydrogen-bond acceptors (Lipinski definition) is 2. The molecule has 0 saturated carbocycles. The van der Waals surface area contributed by atoms with E-state index in [-0.39, 0.29) is 20.1 Å². The average Bonchev–Trinajstić information content (AvgIpc) is 2.84. The Bertz CT molecular complexity index is 1160. The summed E-state index contributed by atoms with van der Waals surface area (Å²) in [5, 5.41) is 12.7. The standard InChI is InChI=1S/C20H16N3.Ir/c1-11-5-6-15-16(8-11)17-9-12(2)7-13(3)19(17)23-14(4)18(10-21)22-20(15)23;/h5,7-9H,1-4H3;/q-1;. The fraction of sp³-hybridized carbons (Fsp3) is 0.200. The number of nitrogens with zero attached hydrogens (tertiary/aromatic N) is 3. The molecule has 2 aromatic carbocycles. The molecule has 0 N–H and O–H groups in total. The summed E-state index contributed by atoms with van der Waals surface area (Å²) >= 11 is 0. The van der Waals surface area contributed by atoms with E-state index < -0.39 is 0 Å². The van der Waals surface area contributed by atoms with Crippen LogP contribution in [-0.4, -0.2) is 9.38 Å². The molecule has 24 heavy (non-hydrogen) atoms. The maximum absolute atomic E-state index is 9.39. The second-order valence-electron chi connectivity index (χ2n) is 6.26. The molecule has 0 bridgehead atoms. The topological polar surface area (TPSA) is 41.1 Å². The Morgan fingerprint density at radius 3 is 2.46 bits per heavy atom. The number of benzene rings is 2. The molecule has 0 saturated heterocycles. The molecule has 0 aliphatic rings. The van der Waals surface area contributed by atoms with Crippen LogP contribution in [0.2, 0.25) is 0 Å². The first-order chi connectivity index (χ1) is 11.0. The molecule has 2 heterocycles. The second kappa shape index (κ2) is 5.70. The van der Waals surface area contributed by atoms with Gasteiger partial charge in [0.25, 0.3) is 0 Å². The predicted molar refractivity (Wildman–Crippen MR) is 92.7 cm³/mol. The van der Waals surface area contributed by atoms with Gasteiger partial charge in [-0.2, -0.15) is 5.26 Å². The zero-order chi connectivity index (χ0) is 16.3. The van der Waals surface area contributed by atoms with Crippen LogP contribution < -0.4 is 0 Å². The van der Waals surface area contributed by atoms with Gasteiger partial charge in [0.05, 0.1) is 5.65 Å². The van der Waals surface area contributed by atoms with Crippen LogP contribution in [0, 0.1) is 45.1 Å². The quantitative estimate of drug-likeness (QED) is 0.268. The van der Waals surface area contributed by atoms with Crippen LogP contribution in [0.1, 0.15) is 28.1 Å². The molecule has 0 fully saturated rings. The maximum atomic E-state index is 9.39. The van der Waals surface area contributed by atoms with Crippen molar-refractivity contribution < 1.29 is 20.1 Å². The van der Waals surface area contributed by atoms with Gasteiger partial charge in [-0.25, -0.2) is 0 Å². The summed E-state index contributed by atoms with van der Waals surface area (Å²) < 4.78 is 2.11. The number of imidazole rings is 1. The van der Waals surface area contributed by atoms with E-state index in [1.54, 1.807) is 0 Å². The van der Waals surface area contributed by atoms with Gasteiger partial charge in [0.1, 0.15) is 6.07 Å². The smallest absolute Gasteiger partial charge is 0.151 e. The van der Waals surface area contributed by atoms with Crippen LogP contribution in [0.3, 0.4) is 0 Å². The first-order valence-electron chi connectivity index (χ1n) is 7.65. The fourth-order valence-electron chi connectivity index (χ4n) is 3.51. The Morgan fingerprint density at radius 2 is 1.75 bits per heavy atom. The van der Waals surface area contributed by atoms with Crippen molar-refractivity contribution in [2.75, 3.05) is 0 Å². The Hall–Kier alpha value is -2.21. The number of nitriles is 1. The molecule has 121 valence electrons. The van der Waals surface area contributed by atoms with Gasteiger partial charge in [0, 0.05) is 31.3 Å². The van der Waals surface area contributed by atoms with Crippen molar-refractivity contribution in [3.05, 3.63) is 58.4 Å². The molecule has 0 unspecified atom stereocenters. The fourth-order valence-corrected chi connectivity index (χ4v) is 3.51. The van der Waals surface area contributed by atoms with Crippen molar-refractivity contribution in [3.8, 4) is 6.07 Å². The molecule has 1 radical (unpaired) electrons. The Balaban J connectivity index is 0.00000169. The van der Waals surface area contributed by atoms with E-state index in [2.05, 4.69) is 60.5 Å². The molecular formula is C20H16IrN3-. The summed E-state index contributed by atoms with van der Waals surface area (Å²) in [4.78, 5) is 4.57. The van der Waals surface area contributed by atoms with E-state index in [1.807, 2.05) is 13.0 Å². The largest absolute Gasteiger partial charge is 0.336 e. The average molecular weight is 491 g/mol. The van der Waals surface area contributed by atoms with E-state index in [0.29, 0.717) is 5.69 Å². The summed E-state index contributed by atoms with van der Waals surface area (Å²) in [5.41, 5.74) is 6.90. The Labute approximate surface area is 154 Å². The zero-order valence-electron chi connectivity index (χ0n) is 14.0. The summed E-state index contributed by atoms with van der Waals surface area (Å²) in [7, 11) is 0. The van der Waals surface area contributed by atoms with Gasteiger partial charge in [-0.05, 0) is 31.7 Å². The van der Waals surface area contributed by atoms with E-state index >= 15 is 0 Å². The van der Waals surface area contributed by atoms with Crippen LogP contribution >= 0.6 is 0 Å². The Morgan fingerprint density at radius 1 is 1.04 bits per heavy atom. The van der Waals surface area contributed by atoms with Gasteiger partial charge in [0.2, 0.25) is 0 Å². The van der Waals surface area contributed by atoms with Crippen molar-refractivity contribution in [2.24, 2.45) is 0 Å². The second-order valence-corrected chi connectivity index (χ2v) is 6.26. The summed E-state index contributed by atoms with van der Waals surface area (Å²) in [6.45, 7) is 8.26. The SMILES string of the molecule is Cc1c[c-]c2c(c1)c1cc(C)cc(C)c1n1c(C)c(C#N)nc21.[Ir]. The van der Waals surface area contributed by atoms with Gasteiger partial charge in [-0.15, -0.1) is 29.1 Å². The minimum absolute atomic E-state index is 0. The monoisotopic (exact) mass is 491 g/mol. The molecule has 4 rings (SSSR count). The molecule has 2 aromatic heterocycles. The van der Waals surface area contributed by atoms with E-state index in [1.165, 1.54) is 22.1 Å². The molecule has 4 aromatic rings. The van der Waals surface area contributed by atoms with Crippen LogP contribution in [0.4, 0.5) is 0 Å². The normalized spacial score (nSPS) is 11.0. The van der Waals surface area contributed by atoms with Crippen molar-refractivity contribution >= 4 is 27.3 Å². The van der Waals surface area contributed by atoms with Crippen LogP contribution in [0.15, 0.2) is 24.3 Å². The number of aromatic nitrogens is 2. The van der Waals surface area contributed by atoms with Crippen molar-refractivity contribution in [1.29, 1.82) is 5.26 Å². The van der Waals surface area contributed by atoms with E-state index in [0.717, 1.165) is 27.6 Å². The molecule has 0 aliphatic carbocycles. The number of pyridine rings is 1. The molecule has 0 aliphatic heterocycles. The zero-order valence-corrected chi connectivity index (χ0v) is 16.4. The van der Waals surface area contributed by atoms with Crippen LogP contribution in [0.25, 0.3) is 27.3 Å². The number of hydrogen-bond donors (Lipinski definition) is 0. The van der Waals surface area contributed by atoms with E-state index in [9.17, 15) is 5.26 Å². The van der Waals surface area contributed by atoms with Gasteiger partial charge < -0.3 is 4.40 Å². The number of fused-ring (bicyclic) bond motifs is 6. The van der Waals surface area contributed by atoms with Crippen molar-refractivity contribution in [3.63, 3.8) is 0 Å². The van der Waals surface area contributed by atoms with Gasteiger partial charge in [-0.3, -0.25) is 4.98 Å². The Kier molecular flexibility index (Phi) is 3.95. The third-order valence-electron chi connectivity index (χ3n) is 4.48. The van der Waals surface area contributed by atoms with Crippen molar-refractivity contribution in [2.45, 2.75) is 27.7 Å². The minimum atomic E-state index is 0. The molecule has 3 nitrogen and oxygen atoms in total. The van der Waals surface area contributed by atoms with Gasteiger partial charge >= 0.3 is 0 Å². The van der Waals surface area contributed by atoms with Crippen molar-refractivity contribution in [1.82, 2.24) is 9.38 Å². The van der Waals surface area contributed by atoms with E-state index in [4.69, 9.17) is 0 Å².